The first-order valence-electron chi connectivity index (χ1n) is 12.4. The highest BCUT2D eigenvalue weighted by Crippen LogP contribution is 2.38. The normalized spacial score (nSPS) is 22.9. The summed E-state index contributed by atoms with van der Waals surface area (Å²) in [4.78, 5) is 5.84. The smallest absolute Gasteiger partial charge is 0.244 e. The second-order valence-corrected chi connectivity index (χ2v) is 12.4. The molecule has 3 N–H and O–H groups in total. The van der Waals surface area contributed by atoms with Crippen molar-refractivity contribution in [3.05, 3.63) is 23.9 Å². The minimum atomic E-state index is -3.78. The topological polar surface area (TPSA) is 101 Å². The summed E-state index contributed by atoms with van der Waals surface area (Å²) in [5.74, 6) is 0.990. The van der Waals surface area contributed by atoms with Gasteiger partial charge in [-0.2, -0.15) is 0 Å². The summed E-state index contributed by atoms with van der Waals surface area (Å²) >= 11 is 1.57. The largest absolute Gasteiger partial charge is 0.495 e. The van der Waals surface area contributed by atoms with Crippen LogP contribution >= 0.6 is 11.3 Å². The van der Waals surface area contributed by atoms with Crippen LogP contribution in [-0.2, 0) is 10.0 Å². The Labute approximate surface area is 207 Å². The lowest BCUT2D eigenvalue weighted by atomic mass is 9.85. The molecule has 0 saturated heterocycles. The fraction of sp³-hybridized carbons (Fsp3) is 0.640. The standard InChI is InChI=1S/C25H37N3O4S2/c1-16(18-7-5-4-6-8-18)26-25-27-17(2)24(33-25)19-9-14-22(32-3)23(15-19)34(30,31)28-20-10-12-21(29)13-11-20/h9,14-16,18,20-21,28-29H,4-8,10-13H2,1-3H3,(H,26,27)/t16-,20-,21-/m0/s1. The van der Waals surface area contributed by atoms with E-state index >= 15 is 0 Å². The van der Waals surface area contributed by atoms with E-state index in [-0.39, 0.29) is 17.0 Å². The van der Waals surface area contributed by atoms with Crippen LogP contribution in [-0.4, -0.2) is 43.8 Å². The lowest BCUT2D eigenvalue weighted by Gasteiger charge is -2.28. The Bertz CT molecular complexity index is 1070. The van der Waals surface area contributed by atoms with Crippen LogP contribution in [0.25, 0.3) is 10.4 Å². The van der Waals surface area contributed by atoms with Crippen molar-refractivity contribution in [2.24, 2.45) is 5.92 Å². The Morgan fingerprint density at radius 1 is 1.12 bits per heavy atom. The van der Waals surface area contributed by atoms with Gasteiger partial charge < -0.3 is 15.2 Å². The first kappa shape index (κ1) is 25.4. The SMILES string of the molecule is COc1ccc(-c2sc(N[C@@H](C)C3CCCCC3)nc2C)cc1S(=O)(=O)N[C@H]1CC[C@H](O)CC1. The van der Waals surface area contributed by atoms with Crippen molar-refractivity contribution in [3.63, 3.8) is 0 Å². The van der Waals surface area contributed by atoms with Crippen molar-refractivity contribution >= 4 is 26.5 Å². The van der Waals surface area contributed by atoms with Crippen LogP contribution in [0.1, 0.15) is 70.4 Å². The second kappa shape index (κ2) is 10.9. The Kier molecular flexibility index (Phi) is 8.17. The zero-order valence-corrected chi connectivity index (χ0v) is 22.0. The molecule has 188 valence electrons. The molecular weight excluding hydrogens is 470 g/mol. The van der Waals surface area contributed by atoms with Crippen LogP contribution in [0.15, 0.2) is 23.1 Å². The number of rotatable bonds is 8. The van der Waals surface area contributed by atoms with Gasteiger partial charge in [0.05, 0.1) is 23.8 Å². The molecule has 2 aromatic rings. The highest BCUT2D eigenvalue weighted by molar-refractivity contribution is 7.89. The van der Waals surface area contributed by atoms with E-state index in [0.717, 1.165) is 21.3 Å². The minimum Gasteiger partial charge on any atom is -0.495 e. The van der Waals surface area contributed by atoms with Crippen molar-refractivity contribution in [1.82, 2.24) is 9.71 Å². The van der Waals surface area contributed by atoms with E-state index in [0.29, 0.717) is 43.4 Å². The predicted octanol–water partition coefficient (Wildman–Crippen LogP) is 5.09. The van der Waals surface area contributed by atoms with Gasteiger partial charge in [-0.3, -0.25) is 0 Å². The number of benzene rings is 1. The third-order valence-electron chi connectivity index (χ3n) is 7.24. The quantitative estimate of drug-likeness (QED) is 0.460. The van der Waals surface area contributed by atoms with Crippen LogP contribution in [0.5, 0.6) is 5.75 Å². The number of aliphatic hydroxyl groups excluding tert-OH is 1. The third kappa shape index (κ3) is 5.93. The number of hydrogen-bond acceptors (Lipinski definition) is 7. The maximum atomic E-state index is 13.3. The Morgan fingerprint density at radius 3 is 2.50 bits per heavy atom. The number of ether oxygens (including phenoxy) is 1. The van der Waals surface area contributed by atoms with Crippen LogP contribution in [0.3, 0.4) is 0 Å². The summed E-state index contributed by atoms with van der Waals surface area (Å²) in [5.41, 5.74) is 1.69. The fourth-order valence-corrected chi connectivity index (χ4v) is 7.74. The van der Waals surface area contributed by atoms with Gasteiger partial charge >= 0.3 is 0 Å². The summed E-state index contributed by atoms with van der Waals surface area (Å²) in [6.45, 7) is 4.20. The van der Waals surface area contributed by atoms with Crippen molar-refractivity contribution in [1.29, 1.82) is 0 Å². The monoisotopic (exact) mass is 507 g/mol. The molecule has 0 bridgehead atoms. The maximum Gasteiger partial charge on any atom is 0.244 e. The van der Waals surface area contributed by atoms with Crippen LogP contribution in [0, 0.1) is 12.8 Å². The lowest BCUT2D eigenvalue weighted by molar-refractivity contribution is 0.120. The van der Waals surface area contributed by atoms with E-state index in [9.17, 15) is 13.5 Å². The number of nitrogens with one attached hydrogen (secondary N) is 2. The third-order valence-corrected chi connectivity index (χ3v) is 9.92. The van der Waals surface area contributed by atoms with E-state index in [1.807, 2.05) is 13.0 Å². The number of aliphatic hydroxyl groups is 1. The summed E-state index contributed by atoms with van der Waals surface area (Å²) in [6.07, 6.45) is 8.61. The van der Waals surface area contributed by atoms with E-state index in [1.165, 1.54) is 39.2 Å². The van der Waals surface area contributed by atoms with Crippen molar-refractivity contribution < 1.29 is 18.3 Å². The van der Waals surface area contributed by atoms with Gasteiger partial charge in [-0.25, -0.2) is 18.1 Å². The van der Waals surface area contributed by atoms with Crippen molar-refractivity contribution in [3.8, 4) is 16.2 Å². The molecule has 1 heterocycles. The van der Waals surface area contributed by atoms with Gasteiger partial charge in [-0.15, -0.1) is 0 Å². The highest BCUT2D eigenvalue weighted by Gasteiger charge is 2.28. The molecule has 0 unspecified atom stereocenters. The van der Waals surface area contributed by atoms with Gasteiger partial charge in [0.2, 0.25) is 10.0 Å². The summed E-state index contributed by atoms with van der Waals surface area (Å²) in [5, 5.41) is 14.2. The molecule has 1 atom stereocenters. The van der Waals surface area contributed by atoms with E-state index in [1.54, 1.807) is 23.5 Å². The maximum absolute atomic E-state index is 13.3. The number of anilines is 1. The van der Waals surface area contributed by atoms with Crippen molar-refractivity contribution in [2.75, 3.05) is 12.4 Å². The summed E-state index contributed by atoms with van der Waals surface area (Å²) in [7, 11) is -2.29. The van der Waals surface area contributed by atoms with Gasteiger partial charge in [-0.1, -0.05) is 30.6 Å². The number of thiazole rings is 1. The fourth-order valence-electron chi connectivity index (χ4n) is 5.18. The molecular formula is C25H37N3O4S2. The molecule has 0 aliphatic heterocycles. The number of nitrogens with zero attached hydrogens (tertiary/aromatic N) is 1. The second-order valence-electron chi connectivity index (χ2n) is 9.76. The van der Waals surface area contributed by atoms with Crippen LogP contribution in [0.2, 0.25) is 0 Å². The van der Waals surface area contributed by atoms with Gasteiger partial charge in [0.15, 0.2) is 5.13 Å². The number of aryl methyl sites for hydroxylation is 1. The van der Waals surface area contributed by atoms with Crippen LogP contribution < -0.4 is 14.8 Å². The van der Waals surface area contributed by atoms with Gasteiger partial charge in [0.1, 0.15) is 10.6 Å². The molecule has 34 heavy (non-hydrogen) atoms. The molecule has 4 rings (SSSR count). The van der Waals surface area contributed by atoms with Gasteiger partial charge in [-0.05, 0) is 82.1 Å². The van der Waals surface area contributed by atoms with E-state index < -0.39 is 10.0 Å². The van der Waals surface area contributed by atoms with Gasteiger partial charge in [0, 0.05) is 12.1 Å². The Morgan fingerprint density at radius 2 is 1.82 bits per heavy atom. The molecule has 9 heteroatoms. The molecule has 2 saturated carbocycles. The lowest BCUT2D eigenvalue weighted by Crippen LogP contribution is -2.38. The first-order valence-corrected chi connectivity index (χ1v) is 14.7. The van der Waals surface area contributed by atoms with Gasteiger partial charge in [0.25, 0.3) is 0 Å². The summed E-state index contributed by atoms with van der Waals surface area (Å²) < 4.78 is 34.8. The zero-order chi connectivity index (χ0) is 24.3. The zero-order valence-electron chi connectivity index (χ0n) is 20.3. The average molecular weight is 508 g/mol. The molecule has 2 aliphatic rings. The summed E-state index contributed by atoms with van der Waals surface area (Å²) in [6, 6.07) is 5.48. The molecule has 7 nitrogen and oxygen atoms in total. The average Bonchev–Trinajstić information content (AvgIpc) is 3.20. The van der Waals surface area contributed by atoms with E-state index in [4.69, 9.17) is 9.72 Å². The van der Waals surface area contributed by atoms with Crippen molar-refractivity contribution in [2.45, 2.75) is 94.7 Å². The molecule has 2 aliphatic carbocycles. The first-order chi connectivity index (χ1) is 16.3. The van der Waals surface area contributed by atoms with E-state index in [2.05, 4.69) is 17.0 Å². The highest BCUT2D eigenvalue weighted by atomic mass is 32.2. The molecule has 0 radical (unpaired) electrons. The predicted molar refractivity (Wildman–Crippen MR) is 137 cm³/mol. The van der Waals surface area contributed by atoms with Crippen LogP contribution in [0.4, 0.5) is 5.13 Å². The molecule has 1 aromatic heterocycles. The minimum absolute atomic E-state index is 0.136. The molecule has 1 aromatic carbocycles. The molecule has 0 amide bonds. The molecule has 2 fully saturated rings. The Balaban J connectivity index is 1.55. The Hall–Kier alpha value is -1.68. The number of methoxy groups -OCH3 is 1. The number of sulfonamides is 1. The number of aromatic nitrogens is 1. The number of hydrogen-bond donors (Lipinski definition) is 3. The molecule has 0 spiro atoms.